The van der Waals surface area contributed by atoms with Gasteiger partial charge in [-0.3, -0.25) is 9.48 Å². The number of ether oxygens (including phenoxy) is 1. The van der Waals surface area contributed by atoms with Crippen LogP contribution in [0.5, 0.6) is 0 Å². The van der Waals surface area contributed by atoms with Gasteiger partial charge < -0.3 is 10.1 Å². The highest BCUT2D eigenvalue weighted by molar-refractivity contribution is 6.19. The van der Waals surface area contributed by atoms with Gasteiger partial charge in [-0.2, -0.15) is 5.10 Å². The molecule has 0 atom stereocenters. The van der Waals surface area contributed by atoms with Gasteiger partial charge in [0.05, 0.1) is 11.2 Å². The molecule has 0 saturated carbocycles. The summed E-state index contributed by atoms with van der Waals surface area (Å²) in [6.45, 7) is 5.97. The second-order valence-corrected chi connectivity index (χ2v) is 5.44. The van der Waals surface area contributed by atoms with Crippen molar-refractivity contribution < 1.29 is 9.53 Å². The number of carbonyl (C=O) groups is 1. The van der Waals surface area contributed by atoms with Crippen LogP contribution in [0.3, 0.4) is 0 Å². The number of nitrogens with one attached hydrogen (secondary N) is 1. The number of aromatic nitrogens is 2. The lowest BCUT2D eigenvalue weighted by Gasteiger charge is -2.36. The van der Waals surface area contributed by atoms with Crippen LogP contribution in [0.4, 0.5) is 0 Å². The zero-order valence-electron chi connectivity index (χ0n) is 12.1. The standard InChI is InChI=1S/C14H22ClN3O2/c1-3-11-9-12(18(4-2)17-11)13(19)16-14(10-15)5-7-20-8-6-14/h9H,3-8,10H2,1-2H3,(H,16,19). The Bertz CT molecular complexity index is 467. The molecule has 5 nitrogen and oxygen atoms in total. The highest BCUT2D eigenvalue weighted by Crippen LogP contribution is 2.23. The molecular weight excluding hydrogens is 278 g/mol. The SMILES string of the molecule is CCc1cc(C(=O)NC2(CCl)CCOCC2)n(CC)n1. The summed E-state index contributed by atoms with van der Waals surface area (Å²) in [4.78, 5) is 12.5. The van der Waals surface area contributed by atoms with E-state index in [1.54, 1.807) is 4.68 Å². The third kappa shape index (κ3) is 3.15. The van der Waals surface area contributed by atoms with Crippen LogP contribution in [0.25, 0.3) is 0 Å². The van der Waals surface area contributed by atoms with Crippen molar-refractivity contribution in [1.82, 2.24) is 15.1 Å². The molecule has 1 aromatic rings. The highest BCUT2D eigenvalue weighted by Gasteiger charge is 2.34. The predicted octanol–water partition coefficient (Wildman–Crippen LogP) is 1.98. The van der Waals surface area contributed by atoms with Gasteiger partial charge in [0.1, 0.15) is 5.69 Å². The molecule has 0 spiro atoms. The molecule has 112 valence electrons. The number of alkyl halides is 1. The fourth-order valence-corrected chi connectivity index (χ4v) is 2.76. The van der Waals surface area contributed by atoms with Crippen molar-refractivity contribution in [3.63, 3.8) is 0 Å². The Balaban J connectivity index is 2.16. The van der Waals surface area contributed by atoms with Gasteiger partial charge in [0, 0.05) is 25.6 Å². The molecule has 0 unspecified atom stereocenters. The van der Waals surface area contributed by atoms with E-state index >= 15 is 0 Å². The van der Waals surface area contributed by atoms with Crippen molar-refractivity contribution in [3.8, 4) is 0 Å². The van der Waals surface area contributed by atoms with Crippen LogP contribution in [0, 0.1) is 0 Å². The summed E-state index contributed by atoms with van der Waals surface area (Å²) in [6, 6.07) is 1.86. The largest absolute Gasteiger partial charge is 0.381 e. The number of amides is 1. The average molecular weight is 300 g/mol. The fraction of sp³-hybridized carbons (Fsp3) is 0.714. The summed E-state index contributed by atoms with van der Waals surface area (Å²) in [6.07, 6.45) is 2.33. The monoisotopic (exact) mass is 299 g/mol. The number of carbonyl (C=O) groups excluding carboxylic acids is 1. The number of nitrogens with zero attached hydrogens (tertiary/aromatic N) is 2. The minimum Gasteiger partial charge on any atom is -0.381 e. The first-order chi connectivity index (χ1) is 9.64. The minimum absolute atomic E-state index is 0.0957. The van der Waals surface area contributed by atoms with Gasteiger partial charge in [-0.15, -0.1) is 11.6 Å². The predicted molar refractivity (Wildman–Crippen MR) is 78.2 cm³/mol. The summed E-state index contributed by atoms with van der Waals surface area (Å²) in [5.41, 5.74) is 1.19. The molecular formula is C14H22ClN3O2. The normalized spacial score (nSPS) is 17.9. The summed E-state index contributed by atoms with van der Waals surface area (Å²) < 4.78 is 7.10. The van der Waals surface area contributed by atoms with Crippen LogP contribution in [0.15, 0.2) is 6.07 Å². The molecule has 1 N–H and O–H groups in total. The summed E-state index contributed by atoms with van der Waals surface area (Å²) in [5, 5.41) is 7.51. The Labute approximate surface area is 124 Å². The van der Waals surface area contributed by atoms with Gasteiger partial charge >= 0.3 is 0 Å². The lowest BCUT2D eigenvalue weighted by molar-refractivity contribution is 0.0430. The molecule has 6 heteroatoms. The lowest BCUT2D eigenvalue weighted by atomic mass is 9.92. The van der Waals surface area contributed by atoms with Crippen LogP contribution >= 0.6 is 11.6 Å². The topological polar surface area (TPSA) is 56.1 Å². The average Bonchev–Trinajstić information content (AvgIpc) is 2.91. The molecule has 1 saturated heterocycles. The van der Waals surface area contributed by atoms with E-state index in [-0.39, 0.29) is 11.4 Å². The van der Waals surface area contributed by atoms with Gasteiger partial charge in [-0.1, -0.05) is 6.92 Å². The van der Waals surface area contributed by atoms with E-state index in [1.165, 1.54) is 0 Å². The van der Waals surface area contributed by atoms with E-state index in [0.717, 1.165) is 25.0 Å². The number of rotatable bonds is 5. The molecule has 1 amide bonds. The number of aryl methyl sites for hydroxylation is 2. The zero-order valence-corrected chi connectivity index (χ0v) is 12.9. The zero-order chi connectivity index (χ0) is 14.6. The molecule has 2 heterocycles. The molecule has 20 heavy (non-hydrogen) atoms. The molecule has 0 aromatic carbocycles. The molecule has 1 aliphatic heterocycles. The van der Waals surface area contributed by atoms with E-state index in [2.05, 4.69) is 10.4 Å². The quantitative estimate of drug-likeness (QED) is 0.846. The Kier molecular flexibility index (Phi) is 5.05. The number of hydrogen-bond donors (Lipinski definition) is 1. The number of halogens is 1. The van der Waals surface area contributed by atoms with E-state index < -0.39 is 0 Å². The summed E-state index contributed by atoms with van der Waals surface area (Å²) >= 11 is 6.08. The van der Waals surface area contributed by atoms with E-state index in [9.17, 15) is 4.79 Å². The second kappa shape index (κ2) is 6.59. The summed E-state index contributed by atoms with van der Waals surface area (Å²) in [5.74, 6) is 0.310. The molecule has 0 aliphatic carbocycles. The molecule has 1 aliphatic rings. The van der Waals surface area contributed by atoms with Gasteiger partial charge in [0.25, 0.3) is 5.91 Å². The van der Waals surface area contributed by atoms with Crippen LogP contribution in [-0.2, 0) is 17.7 Å². The van der Waals surface area contributed by atoms with Gasteiger partial charge in [0.15, 0.2) is 0 Å². The van der Waals surface area contributed by atoms with Crippen molar-refractivity contribution in [1.29, 1.82) is 0 Å². The van der Waals surface area contributed by atoms with Crippen LogP contribution in [0.2, 0.25) is 0 Å². The van der Waals surface area contributed by atoms with Crippen molar-refractivity contribution >= 4 is 17.5 Å². The van der Waals surface area contributed by atoms with E-state index in [0.29, 0.717) is 31.3 Å². The Morgan fingerprint density at radius 2 is 2.20 bits per heavy atom. The maximum atomic E-state index is 12.5. The fourth-order valence-electron chi connectivity index (χ4n) is 2.43. The third-order valence-electron chi connectivity index (χ3n) is 3.81. The van der Waals surface area contributed by atoms with E-state index in [4.69, 9.17) is 16.3 Å². The minimum atomic E-state index is -0.355. The third-order valence-corrected chi connectivity index (χ3v) is 4.32. The maximum Gasteiger partial charge on any atom is 0.270 e. The highest BCUT2D eigenvalue weighted by atomic mass is 35.5. The Hall–Kier alpha value is -1.07. The van der Waals surface area contributed by atoms with Crippen molar-refractivity contribution in [2.24, 2.45) is 0 Å². The summed E-state index contributed by atoms with van der Waals surface area (Å²) in [7, 11) is 0. The molecule has 0 radical (unpaired) electrons. The molecule has 1 fully saturated rings. The number of hydrogen-bond acceptors (Lipinski definition) is 3. The second-order valence-electron chi connectivity index (χ2n) is 5.17. The van der Waals surface area contributed by atoms with Crippen LogP contribution in [0.1, 0.15) is 42.9 Å². The molecule has 1 aromatic heterocycles. The van der Waals surface area contributed by atoms with E-state index in [1.807, 2.05) is 19.9 Å². The van der Waals surface area contributed by atoms with Gasteiger partial charge in [-0.25, -0.2) is 0 Å². The Morgan fingerprint density at radius 3 is 2.75 bits per heavy atom. The van der Waals surface area contributed by atoms with Crippen LogP contribution in [-0.4, -0.2) is 40.3 Å². The molecule has 2 rings (SSSR count). The molecule has 0 bridgehead atoms. The van der Waals surface area contributed by atoms with Gasteiger partial charge in [0.2, 0.25) is 0 Å². The maximum absolute atomic E-state index is 12.5. The first-order valence-corrected chi connectivity index (χ1v) is 7.70. The first kappa shape index (κ1) is 15.3. The van der Waals surface area contributed by atoms with Crippen molar-refractivity contribution in [2.45, 2.75) is 45.2 Å². The van der Waals surface area contributed by atoms with Crippen LogP contribution < -0.4 is 5.32 Å². The van der Waals surface area contributed by atoms with Gasteiger partial charge in [-0.05, 0) is 32.3 Å². The smallest absolute Gasteiger partial charge is 0.270 e. The van der Waals surface area contributed by atoms with Crippen molar-refractivity contribution in [3.05, 3.63) is 17.5 Å². The first-order valence-electron chi connectivity index (χ1n) is 7.17. The Morgan fingerprint density at radius 1 is 1.50 bits per heavy atom. The lowest BCUT2D eigenvalue weighted by Crippen LogP contribution is -2.53. The van der Waals surface area contributed by atoms with Crippen molar-refractivity contribution in [2.75, 3.05) is 19.1 Å².